The minimum atomic E-state index is -1.08. The predicted molar refractivity (Wildman–Crippen MR) is 103 cm³/mol. The molecule has 2 aromatic rings. The second kappa shape index (κ2) is 8.23. The summed E-state index contributed by atoms with van der Waals surface area (Å²) in [4.78, 5) is 32.7. The lowest BCUT2D eigenvalue weighted by atomic mass is 10.1. The number of amides is 1. The largest absolute Gasteiger partial charge is 0.481 e. The molecule has 1 aliphatic heterocycles. The number of nitro groups is 1. The molecule has 0 bridgehead atoms. The summed E-state index contributed by atoms with van der Waals surface area (Å²) in [6.07, 6.45) is 0.962. The van der Waals surface area contributed by atoms with Crippen LogP contribution in [0.2, 0.25) is 5.02 Å². The first-order chi connectivity index (χ1) is 13.3. The topological polar surface area (TPSA) is 147 Å². The zero-order chi connectivity index (χ0) is 20.3. The molecule has 3 rings (SSSR count). The van der Waals surface area contributed by atoms with Gasteiger partial charge in [0, 0.05) is 17.7 Å². The average molecular weight is 423 g/mol. The van der Waals surface area contributed by atoms with Crippen LogP contribution in [0.5, 0.6) is 0 Å². The van der Waals surface area contributed by atoms with E-state index >= 15 is 0 Å². The Morgan fingerprint density at radius 3 is 2.93 bits per heavy atom. The molecule has 2 N–H and O–H groups in total. The van der Waals surface area contributed by atoms with E-state index in [1.807, 2.05) is 0 Å². The molecular weight excluding hydrogens is 412 g/mol. The number of carboxylic acid groups (broad SMARTS) is 1. The van der Waals surface area contributed by atoms with Crippen molar-refractivity contribution in [3.63, 3.8) is 0 Å². The first-order valence-corrected chi connectivity index (χ1v) is 8.93. The minimum absolute atomic E-state index is 0.123. The van der Waals surface area contributed by atoms with E-state index in [0.717, 1.165) is 11.8 Å². The Labute approximate surface area is 166 Å². The summed E-state index contributed by atoms with van der Waals surface area (Å²) in [6.45, 7) is 0. The SMILES string of the molecule is O=C(O)CC1SC(=NN=Cc2ccc(-c3cc([N+](=O)[O-])ccc3Cl)o2)NC1=O. The number of carboxylic acids is 1. The molecule has 1 fully saturated rings. The number of amidine groups is 1. The van der Waals surface area contributed by atoms with E-state index in [-0.39, 0.29) is 17.3 Å². The molecule has 0 spiro atoms. The molecule has 0 radical (unpaired) electrons. The highest BCUT2D eigenvalue weighted by Gasteiger charge is 2.32. The number of hydrogen-bond donors (Lipinski definition) is 2. The van der Waals surface area contributed by atoms with E-state index in [9.17, 15) is 19.7 Å². The molecule has 144 valence electrons. The van der Waals surface area contributed by atoms with Crippen LogP contribution in [0.25, 0.3) is 11.3 Å². The van der Waals surface area contributed by atoms with Crippen LogP contribution >= 0.6 is 23.4 Å². The van der Waals surface area contributed by atoms with Crippen molar-refractivity contribution in [1.29, 1.82) is 0 Å². The van der Waals surface area contributed by atoms with E-state index in [1.54, 1.807) is 12.1 Å². The first-order valence-electron chi connectivity index (χ1n) is 7.68. The normalized spacial score (nSPS) is 18.0. The van der Waals surface area contributed by atoms with Crippen molar-refractivity contribution in [3.8, 4) is 11.3 Å². The van der Waals surface area contributed by atoms with E-state index in [1.165, 1.54) is 24.4 Å². The van der Waals surface area contributed by atoms with Crippen molar-refractivity contribution >= 4 is 52.3 Å². The summed E-state index contributed by atoms with van der Waals surface area (Å²) in [5.41, 5.74) is 0.235. The summed E-state index contributed by atoms with van der Waals surface area (Å²) in [5.74, 6) is -0.909. The van der Waals surface area contributed by atoms with Crippen LogP contribution in [0.3, 0.4) is 0 Å². The Balaban J connectivity index is 1.72. The Morgan fingerprint density at radius 2 is 2.21 bits per heavy atom. The summed E-state index contributed by atoms with van der Waals surface area (Å²) >= 11 is 7.05. The van der Waals surface area contributed by atoms with E-state index in [0.29, 0.717) is 22.1 Å². The monoisotopic (exact) mass is 422 g/mol. The van der Waals surface area contributed by atoms with Crippen molar-refractivity contribution in [3.05, 3.63) is 51.2 Å². The van der Waals surface area contributed by atoms with Crippen LogP contribution in [0.15, 0.2) is 45.0 Å². The van der Waals surface area contributed by atoms with Crippen molar-refractivity contribution in [2.24, 2.45) is 10.2 Å². The lowest BCUT2D eigenvalue weighted by Gasteiger charge is -2.00. The van der Waals surface area contributed by atoms with Crippen LogP contribution in [-0.2, 0) is 9.59 Å². The maximum absolute atomic E-state index is 11.6. The number of halogens is 1. The average Bonchev–Trinajstić information content (AvgIpc) is 3.22. The van der Waals surface area contributed by atoms with Gasteiger partial charge in [0.25, 0.3) is 5.69 Å². The van der Waals surface area contributed by atoms with Gasteiger partial charge in [-0.1, -0.05) is 23.4 Å². The van der Waals surface area contributed by atoms with Gasteiger partial charge in [-0.2, -0.15) is 5.10 Å². The number of benzene rings is 1. The van der Waals surface area contributed by atoms with Gasteiger partial charge in [0.15, 0.2) is 5.17 Å². The van der Waals surface area contributed by atoms with Gasteiger partial charge in [0.1, 0.15) is 16.8 Å². The molecule has 0 aliphatic carbocycles. The Hall–Kier alpha value is -3.18. The minimum Gasteiger partial charge on any atom is -0.481 e. The lowest BCUT2D eigenvalue weighted by Crippen LogP contribution is -2.26. The zero-order valence-electron chi connectivity index (χ0n) is 13.9. The molecule has 28 heavy (non-hydrogen) atoms. The fourth-order valence-electron chi connectivity index (χ4n) is 2.27. The van der Waals surface area contributed by atoms with Gasteiger partial charge in [0.05, 0.1) is 22.6 Å². The molecule has 10 nitrogen and oxygen atoms in total. The smallest absolute Gasteiger partial charge is 0.305 e. The molecular formula is C16H11ClN4O6S. The number of non-ortho nitro benzene ring substituents is 1. The summed E-state index contributed by atoms with van der Waals surface area (Å²) in [7, 11) is 0. The summed E-state index contributed by atoms with van der Waals surface area (Å²) in [6, 6.07) is 7.15. The third-order valence-electron chi connectivity index (χ3n) is 3.52. The highest BCUT2D eigenvalue weighted by molar-refractivity contribution is 8.15. The highest BCUT2D eigenvalue weighted by Crippen LogP contribution is 2.32. The van der Waals surface area contributed by atoms with Gasteiger partial charge in [-0.15, -0.1) is 5.10 Å². The van der Waals surface area contributed by atoms with Crippen molar-refractivity contribution in [2.75, 3.05) is 0 Å². The number of thioether (sulfide) groups is 1. The predicted octanol–water partition coefficient (Wildman–Crippen LogP) is 2.90. The molecule has 1 amide bonds. The Bertz CT molecular complexity index is 1020. The number of carbonyl (C=O) groups excluding carboxylic acids is 1. The van der Waals surface area contributed by atoms with Crippen LogP contribution in [0.4, 0.5) is 5.69 Å². The van der Waals surface area contributed by atoms with Crippen molar-refractivity contribution in [1.82, 2.24) is 5.32 Å². The highest BCUT2D eigenvalue weighted by atomic mass is 35.5. The van der Waals surface area contributed by atoms with E-state index in [2.05, 4.69) is 15.5 Å². The molecule has 1 unspecified atom stereocenters. The van der Waals surface area contributed by atoms with E-state index in [4.69, 9.17) is 21.1 Å². The van der Waals surface area contributed by atoms with Crippen molar-refractivity contribution in [2.45, 2.75) is 11.7 Å². The third kappa shape index (κ3) is 4.56. The number of carbonyl (C=O) groups is 2. The zero-order valence-corrected chi connectivity index (χ0v) is 15.4. The van der Waals surface area contributed by atoms with Gasteiger partial charge < -0.3 is 14.8 Å². The number of nitrogens with zero attached hydrogens (tertiary/aromatic N) is 3. The number of nitro benzene ring substituents is 1. The molecule has 1 aromatic heterocycles. The molecule has 0 saturated carbocycles. The van der Waals surface area contributed by atoms with Gasteiger partial charge in [-0.05, 0) is 18.2 Å². The number of rotatable bonds is 6. The van der Waals surface area contributed by atoms with Crippen LogP contribution in [-0.4, -0.2) is 38.5 Å². The standard InChI is InChI=1S/C16H11ClN4O6S/c17-11-3-1-8(21(25)26)5-10(11)12-4-2-9(27-12)7-18-20-16-19-15(24)13(28-16)6-14(22)23/h1-5,7,13H,6H2,(H,22,23)(H,19,20,24). The van der Waals surface area contributed by atoms with Gasteiger partial charge in [-0.3, -0.25) is 19.7 Å². The van der Waals surface area contributed by atoms with Crippen molar-refractivity contribution < 1.29 is 24.0 Å². The second-order valence-electron chi connectivity index (χ2n) is 5.47. The third-order valence-corrected chi connectivity index (χ3v) is 4.92. The quantitative estimate of drug-likeness (QED) is 0.413. The number of nitrogens with one attached hydrogen (secondary N) is 1. The van der Waals surface area contributed by atoms with Crippen LogP contribution in [0, 0.1) is 10.1 Å². The fourth-order valence-corrected chi connectivity index (χ4v) is 3.39. The van der Waals surface area contributed by atoms with Crippen LogP contribution < -0.4 is 5.32 Å². The maximum atomic E-state index is 11.6. The number of aliphatic carboxylic acids is 1. The summed E-state index contributed by atoms with van der Waals surface area (Å²) < 4.78 is 5.55. The molecule has 2 heterocycles. The molecule has 1 aromatic carbocycles. The van der Waals surface area contributed by atoms with E-state index < -0.39 is 22.0 Å². The molecule has 1 saturated heterocycles. The van der Waals surface area contributed by atoms with Gasteiger partial charge in [-0.25, -0.2) is 0 Å². The van der Waals surface area contributed by atoms with Crippen LogP contribution in [0.1, 0.15) is 12.2 Å². The summed E-state index contributed by atoms with van der Waals surface area (Å²) in [5, 5.41) is 29.4. The lowest BCUT2D eigenvalue weighted by molar-refractivity contribution is -0.384. The Morgan fingerprint density at radius 1 is 1.43 bits per heavy atom. The number of furan rings is 1. The molecule has 12 heteroatoms. The fraction of sp³-hybridized carbons (Fsp3) is 0.125. The number of hydrogen-bond acceptors (Lipinski definition) is 8. The maximum Gasteiger partial charge on any atom is 0.305 e. The molecule has 1 atom stereocenters. The second-order valence-corrected chi connectivity index (χ2v) is 7.07. The first kappa shape index (κ1) is 19.6. The Kier molecular flexibility index (Phi) is 5.76. The van der Waals surface area contributed by atoms with Gasteiger partial charge in [0.2, 0.25) is 5.91 Å². The van der Waals surface area contributed by atoms with Gasteiger partial charge >= 0.3 is 5.97 Å². The molecule has 1 aliphatic rings.